The Balaban J connectivity index is 1.76. The van der Waals surface area contributed by atoms with Crippen molar-refractivity contribution < 1.29 is 14.3 Å². The fourth-order valence-electron chi connectivity index (χ4n) is 2.47. The van der Waals surface area contributed by atoms with Gasteiger partial charge in [0.15, 0.2) is 6.61 Å². The van der Waals surface area contributed by atoms with Crippen molar-refractivity contribution in [1.82, 2.24) is 4.90 Å². The molecule has 0 atom stereocenters. The number of carbonyl (C=O) groups is 2. The van der Waals surface area contributed by atoms with Crippen LogP contribution in [0.3, 0.4) is 0 Å². The van der Waals surface area contributed by atoms with E-state index in [4.69, 9.17) is 10.5 Å². The van der Waals surface area contributed by atoms with Crippen molar-refractivity contribution in [2.75, 3.05) is 25.4 Å². The van der Waals surface area contributed by atoms with Gasteiger partial charge in [0.2, 0.25) is 0 Å². The van der Waals surface area contributed by atoms with E-state index in [1.54, 1.807) is 23.1 Å². The third-order valence-electron chi connectivity index (χ3n) is 3.61. The first-order chi connectivity index (χ1) is 10.1. The molecule has 1 heterocycles. The first-order valence-corrected chi connectivity index (χ1v) is 7.43. The van der Waals surface area contributed by atoms with Gasteiger partial charge < -0.3 is 15.4 Å². The molecule has 2 N–H and O–H groups in total. The van der Waals surface area contributed by atoms with Gasteiger partial charge in [-0.05, 0) is 30.5 Å². The van der Waals surface area contributed by atoms with Crippen molar-refractivity contribution in [2.45, 2.75) is 32.1 Å². The monoisotopic (exact) mass is 290 g/mol. The van der Waals surface area contributed by atoms with Gasteiger partial charge in [-0.2, -0.15) is 0 Å². The van der Waals surface area contributed by atoms with Crippen LogP contribution < -0.4 is 5.73 Å². The van der Waals surface area contributed by atoms with Gasteiger partial charge in [-0.3, -0.25) is 9.59 Å². The number of hydrogen-bond acceptors (Lipinski definition) is 4. The smallest absolute Gasteiger partial charge is 0.310 e. The molecule has 0 aromatic heterocycles. The number of carbonyl (C=O) groups excluding carboxylic acids is 2. The van der Waals surface area contributed by atoms with Crippen molar-refractivity contribution in [1.29, 1.82) is 0 Å². The van der Waals surface area contributed by atoms with Gasteiger partial charge >= 0.3 is 5.97 Å². The maximum Gasteiger partial charge on any atom is 0.310 e. The number of hydrogen-bond donors (Lipinski definition) is 1. The Hall–Kier alpha value is -2.04. The van der Waals surface area contributed by atoms with Gasteiger partial charge in [0, 0.05) is 18.8 Å². The molecule has 0 bridgehead atoms. The zero-order valence-corrected chi connectivity index (χ0v) is 12.2. The summed E-state index contributed by atoms with van der Waals surface area (Å²) < 4.78 is 5.07. The summed E-state index contributed by atoms with van der Waals surface area (Å²) in [7, 11) is 0. The highest BCUT2D eigenvalue weighted by Crippen LogP contribution is 2.10. The van der Waals surface area contributed by atoms with Crippen LogP contribution in [-0.4, -0.2) is 36.5 Å². The molecule has 1 aromatic carbocycles. The molecule has 1 amide bonds. The van der Waals surface area contributed by atoms with Crippen LogP contribution in [0.1, 0.15) is 31.2 Å². The average molecular weight is 290 g/mol. The zero-order chi connectivity index (χ0) is 15.1. The summed E-state index contributed by atoms with van der Waals surface area (Å²) in [4.78, 5) is 25.5. The number of esters is 1. The number of rotatable bonds is 4. The van der Waals surface area contributed by atoms with E-state index in [0.717, 1.165) is 31.5 Å². The molecule has 1 aliphatic heterocycles. The lowest BCUT2D eigenvalue weighted by molar-refractivity contribution is -0.151. The van der Waals surface area contributed by atoms with Gasteiger partial charge in [-0.1, -0.05) is 25.0 Å². The number of ether oxygens (including phenoxy) is 1. The molecule has 1 aromatic rings. The van der Waals surface area contributed by atoms with Crippen LogP contribution >= 0.6 is 0 Å². The molecule has 0 unspecified atom stereocenters. The molecule has 1 fully saturated rings. The third-order valence-corrected chi connectivity index (χ3v) is 3.61. The number of nitrogen functional groups attached to an aromatic ring is 1. The Morgan fingerprint density at radius 2 is 1.86 bits per heavy atom. The van der Waals surface area contributed by atoms with Crippen LogP contribution in [0.5, 0.6) is 0 Å². The van der Waals surface area contributed by atoms with Crippen molar-refractivity contribution in [2.24, 2.45) is 0 Å². The average Bonchev–Trinajstić information content (AvgIpc) is 2.74. The second-order valence-corrected chi connectivity index (χ2v) is 5.38. The number of anilines is 1. The first-order valence-electron chi connectivity index (χ1n) is 7.43. The van der Waals surface area contributed by atoms with Crippen molar-refractivity contribution in [3.05, 3.63) is 29.8 Å². The lowest BCUT2D eigenvalue weighted by Crippen LogP contribution is -2.35. The summed E-state index contributed by atoms with van der Waals surface area (Å²) in [5, 5.41) is 0. The number of nitrogens with two attached hydrogens (primary N) is 1. The quantitative estimate of drug-likeness (QED) is 0.677. The summed E-state index contributed by atoms with van der Waals surface area (Å²) >= 11 is 0. The summed E-state index contributed by atoms with van der Waals surface area (Å²) in [6.07, 6.45) is 4.53. The van der Waals surface area contributed by atoms with Crippen LogP contribution in [0.2, 0.25) is 0 Å². The molecule has 1 aliphatic rings. The topological polar surface area (TPSA) is 72.6 Å². The SMILES string of the molecule is Nc1cccc(CC(=O)OCC(=O)N2CCCCCC2)c1. The Bertz CT molecular complexity index is 494. The van der Waals surface area contributed by atoms with E-state index in [1.807, 2.05) is 6.07 Å². The highest BCUT2D eigenvalue weighted by atomic mass is 16.5. The number of likely N-dealkylation sites (tertiary alicyclic amines) is 1. The molecule has 21 heavy (non-hydrogen) atoms. The largest absolute Gasteiger partial charge is 0.455 e. The molecule has 5 nitrogen and oxygen atoms in total. The lowest BCUT2D eigenvalue weighted by atomic mass is 10.1. The summed E-state index contributed by atoms with van der Waals surface area (Å²) in [5.74, 6) is -0.499. The van der Waals surface area contributed by atoms with E-state index in [1.165, 1.54) is 12.8 Å². The minimum Gasteiger partial charge on any atom is -0.455 e. The maximum absolute atomic E-state index is 12.0. The van der Waals surface area contributed by atoms with Crippen LogP contribution in [0, 0.1) is 0 Å². The minimum atomic E-state index is -0.399. The fourth-order valence-corrected chi connectivity index (χ4v) is 2.47. The molecule has 0 radical (unpaired) electrons. The Morgan fingerprint density at radius 3 is 2.52 bits per heavy atom. The van der Waals surface area contributed by atoms with E-state index < -0.39 is 5.97 Å². The van der Waals surface area contributed by atoms with Gasteiger partial charge in [-0.15, -0.1) is 0 Å². The molecule has 5 heteroatoms. The summed E-state index contributed by atoms with van der Waals surface area (Å²) in [5.41, 5.74) is 7.06. The zero-order valence-electron chi connectivity index (χ0n) is 12.2. The van der Waals surface area contributed by atoms with E-state index in [9.17, 15) is 9.59 Å². The normalized spacial score (nSPS) is 15.3. The highest BCUT2D eigenvalue weighted by Gasteiger charge is 2.17. The minimum absolute atomic E-state index is 0.0992. The van der Waals surface area contributed by atoms with Crippen LogP contribution in [0.4, 0.5) is 5.69 Å². The van der Waals surface area contributed by atoms with Crippen LogP contribution in [0.25, 0.3) is 0 Å². The molecule has 1 saturated heterocycles. The Kier molecular flexibility index (Phi) is 5.60. The molecule has 0 aliphatic carbocycles. The second kappa shape index (κ2) is 7.67. The van der Waals surface area contributed by atoms with Gasteiger partial charge in [0.05, 0.1) is 6.42 Å². The third kappa shape index (κ3) is 5.10. The summed E-state index contributed by atoms with van der Waals surface area (Å²) in [6, 6.07) is 7.10. The van der Waals surface area contributed by atoms with Gasteiger partial charge in [0.1, 0.15) is 0 Å². The van der Waals surface area contributed by atoms with E-state index >= 15 is 0 Å². The predicted molar refractivity (Wildman–Crippen MR) is 80.6 cm³/mol. The van der Waals surface area contributed by atoms with Crippen LogP contribution in [0.15, 0.2) is 24.3 Å². The number of benzene rings is 1. The van der Waals surface area contributed by atoms with Crippen molar-refractivity contribution >= 4 is 17.6 Å². The lowest BCUT2D eigenvalue weighted by Gasteiger charge is -2.19. The molecule has 0 spiro atoms. The Labute approximate surface area is 125 Å². The van der Waals surface area contributed by atoms with E-state index in [2.05, 4.69) is 0 Å². The molecule has 2 rings (SSSR count). The van der Waals surface area contributed by atoms with Gasteiger partial charge in [-0.25, -0.2) is 0 Å². The molecule has 0 saturated carbocycles. The highest BCUT2D eigenvalue weighted by molar-refractivity contribution is 5.81. The van der Waals surface area contributed by atoms with Crippen molar-refractivity contribution in [3.63, 3.8) is 0 Å². The van der Waals surface area contributed by atoms with Crippen molar-refractivity contribution in [3.8, 4) is 0 Å². The molecular weight excluding hydrogens is 268 g/mol. The summed E-state index contributed by atoms with van der Waals surface area (Å²) in [6.45, 7) is 1.37. The number of amides is 1. The second-order valence-electron chi connectivity index (χ2n) is 5.38. The number of nitrogens with zero attached hydrogens (tertiary/aromatic N) is 1. The fraction of sp³-hybridized carbons (Fsp3) is 0.500. The first kappa shape index (κ1) is 15.4. The maximum atomic E-state index is 12.0. The van der Waals surface area contributed by atoms with Gasteiger partial charge in [0.25, 0.3) is 5.91 Å². The predicted octanol–water partition coefficient (Wildman–Crippen LogP) is 1.76. The molecule has 114 valence electrons. The standard InChI is InChI=1S/C16H22N2O3/c17-14-7-5-6-13(10-14)11-16(20)21-12-15(19)18-8-3-1-2-4-9-18/h5-7,10H,1-4,8-9,11-12,17H2. The van der Waals surface area contributed by atoms with Crippen LogP contribution in [-0.2, 0) is 20.7 Å². The Morgan fingerprint density at radius 1 is 1.14 bits per heavy atom. The van der Waals surface area contributed by atoms with E-state index in [0.29, 0.717) is 5.69 Å². The molecular formula is C16H22N2O3. The van der Waals surface area contributed by atoms with E-state index in [-0.39, 0.29) is 18.9 Å².